The zero-order valence-corrected chi connectivity index (χ0v) is 12.2. The standard InChI is InChI=1S/C14H20N2O5/c1-10-6-15-7-13(21-10)9-20-8-11-5-12(16(17)18)3-4-14(11)19-2/h3-5,10,13,15H,6-9H2,1-2H3. The Balaban J connectivity index is 1.92. The third-order valence-corrected chi connectivity index (χ3v) is 3.26. The molecule has 0 spiro atoms. The average Bonchev–Trinajstić information content (AvgIpc) is 2.47. The van der Waals surface area contributed by atoms with Crippen molar-refractivity contribution in [2.24, 2.45) is 0 Å². The zero-order chi connectivity index (χ0) is 15.2. The highest BCUT2D eigenvalue weighted by atomic mass is 16.6. The summed E-state index contributed by atoms with van der Waals surface area (Å²) in [7, 11) is 1.53. The minimum atomic E-state index is -0.432. The van der Waals surface area contributed by atoms with Crippen molar-refractivity contribution in [3.8, 4) is 5.75 Å². The van der Waals surface area contributed by atoms with E-state index in [1.165, 1.54) is 19.2 Å². The first-order valence-electron chi connectivity index (χ1n) is 6.85. The summed E-state index contributed by atoms with van der Waals surface area (Å²) < 4.78 is 16.5. The van der Waals surface area contributed by atoms with E-state index in [9.17, 15) is 10.1 Å². The number of nitro benzene ring substituents is 1. The van der Waals surface area contributed by atoms with Crippen molar-refractivity contribution in [1.29, 1.82) is 0 Å². The van der Waals surface area contributed by atoms with Crippen LogP contribution in [0, 0.1) is 10.1 Å². The fraction of sp³-hybridized carbons (Fsp3) is 0.571. The number of ether oxygens (including phenoxy) is 3. The molecule has 7 heteroatoms. The molecule has 1 fully saturated rings. The third-order valence-electron chi connectivity index (χ3n) is 3.26. The summed E-state index contributed by atoms with van der Waals surface area (Å²) in [6.07, 6.45) is 0.165. The first-order chi connectivity index (χ1) is 10.1. The van der Waals surface area contributed by atoms with E-state index < -0.39 is 4.92 Å². The van der Waals surface area contributed by atoms with Gasteiger partial charge in [-0.1, -0.05) is 0 Å². The molecule has 1 heterocycles. The quantitative estimate of drug-likeness (QED) is 0.632. The number of hydrogen-bond donors (Lipinski definition) is 1. The maximum Gasteiger partial charge on any atom is 0.270 e. The molecule has 7 nitrogen and oxygen atoms in total. The van der Waals surface area contributed by atoms with Crippen LogP contribution in [-0.4, -0.2) is 43.9 Å². The molecule has 1 aliphatic heterocycles. The van der Waals surface area contributed by atoms with Gasteiger partial charge in [0, 0.05) is 30.8 Å². The minimum absolute atomic E-state index is 0.00144. The summed E-state index contributed by atoms with van der Waals surface area (Å²) in [5.74, 6) is 0.580. The molecule has 1 saturated heterocycles. The number of benzene rings is 1. The van der Waals surface area contributed by atoms with Gasteiger partial charge in [-0.2, -0.15) is 0 Å². The number of nitrogens with one attached hydrogen (secondary N) is 1. The molecule has 1 aliphatic rings. The zero-order valence-electron chi connectivity index (χ0n) is 12.2. The van der Waals surface area contributed by atoms with E-state index in [1.54, 1.807) is 6.07 Å². The predicted octanol–water partition coefficient (Wildman–Crippen LogP) is 1.50. The molecule has 2 unspecified atom stereocenters. The molecular formula is C14H20N2O5. The lowest BCUT2D eigenvalue weighted by Crippen LogP contribution is -2.45. The van der Waals surface area contributed by atoms with Gasteiger partial charge in [-0.3, -0.25) is 10.1 Å². The fourth-order valence-electron chi connectivity index (χ4n) is 2.26. The molecule has 2 atom stereocenters. The Bertz CT molecular complexity index is 494. The second-order valence-corrected chi connectivity index (χ2v) is 5.00. The normalized spacial score (nSPS) is 22.0. The molecule has 2 rings (SSSR count). The Morgan fingerprint density at radius 3 is 2.95 bits per heavy atom. The molecule has 1 aromatic rings. The predicted molar refractivity (Wildman–Crippen MR) is 76.5 cm³/mol. The number of non-ortho nitro benzene ring substituents is 1. The van der Waals surface area contributed by atoms with E-state index in [4.69, 9.17) is 14.2 Å². The van der Waals surface area contributed by atoms with Gasteiger partial charge in [0.15, 0.2) is 0 Å². The van der Waals surface area contributed by atoms with Crippen molar-refractivity contribution >= 4 is 5.69 Å². The third kappa shape index (κ3) is 4.38. The lowest BCUT2D eigenvalue weighted by molar-refractivity contribution is -0.385. The smallest absolute Gasteiger partial charge is 0.270 e. The van der Waals surface area contributed by atoms with Gasteiger partial charge in [-0.05, 0) is 13.0 Å². The van der Waals surface area contributed by atoms with E-state index in [1.807, 2.05) is 6.92 Å². The van der Waals surface area contributed by atoms with E-state index in [-0.39, 0.29) is 24.5 Å². The van der Waals surface area contributed by atoms with Gasteiger partial charge in [0.2, 0.25) is 0 Å². The van der Waals surface area contributed by atoms with Crippen LogP contribution in [0.25, 0.3) is 0 Å². The van der Waals surface area contributed by atoms with Gasteiger partial charge < -0.3 is 19.5 Å². The van der Waals surface area contributed by atoms with Crippen LogP contribution in [0.1, 0.15) is 12.5 Å². The maximum absolute atomic E-state index is 10.8. The van der Waals surface area contributed by atoms with Crippen LogP contribution in [0.2, 0.25) is 0 Å². The molecule has 0 radical (unpaired) electrons. The Morgan fingerprint density at radius 2 is 2.29 bits per heavy atom. The Hall–Kier alpha value is -1.70. The van der Waals surface area contributed by atoms with Crippen LogP contribution in [0.4, 0.5) is 5.69 Å². The summed E-state index contributed by atoms with van der Waals surface area (Å²) in [5.41, 5.74) is 0.683. The Morgan fingerprint density at radius 1 is 1.48 bits per heavy atom. The van der Waals surface area contributed by atoms with Crippen molar-refractivity contribution in [3.05, 3.63) is 33.9 Å². The molecule has 21 heavy (non-hydrogen) atoms. The van der Waals surface area contributed by atoms with E-state index >= 15 is 0 Å². The van der Waals surface area contributed by atoms with Crippen molar-refractivity contribution in [2.75, 3.05) is 26.8 Å². The first kappa shape index (κ1) is 15.7. The van der Waals surface area contributed by atoms with Gasteiger partial charge in [-0.15, -0.1) is 0 Å². The van der Waals surface area contributed by atoms with Crippen LogP contribution < -0.4 is 10.1 Å². The Kier molecular flexibility index (Phi) is 5.49. The molecule has 0 saturated carbocycles. The lowest BCUT2D eigenvalue weighted by atomic mass is 10.2. The van der Waals surface area contributed by atoms with Crippen molar-refractivity contribution < 1.29 is 19.1 Å². The number of methoxy groups -OCH3 is 1. The van der Waals surface area contributed by atoms with Crippen molar-refractivity contribution in [1.82, 2.24) is 5.32 Å². The molecule has 0 bridgehead atoms. The van der Waals surface area contributed by atoms with Gasteiger partial charge in [-0.25, -0.2) is 0 Å². The molecule has 0 aliphatic carbocycles. The number of hydrogen-bond acceptors (Lipinski definition) is 6. The topological polar surface area (TPSA) is 82.9 Å². The Labute approximate surface area is 123 Å². The number of nitro groups is 1. The lowest BCUT2D eigenvalue weighted by Gasteiger charge is -2.28. The van der Waals surface area contributed by atoms with E-state index in [2.05, 4.69) is 5.32 Å². The molecule has 0 amide bonds. The van der Waals surface area contributed by atoms with Gasteiger partial charge in [0.1, 0.15) is 5.75 Å². The van der Waals surface area contributed by atoms with Crippen molar-refractivity contribution in [3.63, 3.8) is 0 Å². The maximum atomic E-state index is 10.8. The molecule has 116 valence electrons. The second-order valence-electron chi connectivity index (χ2n) is 5.00. The number of morpholine rings is 1. The highest BCUT2D eigenvalue weighted by molar-refractivity contribution is 5.43. The highest BCUT2D eigenvalue weighted by Crippen LogP contribution is 2.24. The van der Waals surface area contributed by atoms with E-state index in [0.29, 0.717) is 17.9 Å². The van der Waals surface area contributed by atoms with Gasteiger partial charge >= 0.3 is 0 Å². The largest absolute Gasteiger partial charge is 0.496 e. The van der Waals surface area contributed by atoms with Crippen LogP contribution >= 0.6 is 0 Å². The molecular weight excluding hydrogens is 276 g/mol. The SMILES string of the molecule is COc1ccc([N+](=O)[O-])cc1COCC1CNCC(C)O1. The van der Waals surface area contributed by atoms with Crippen LogP contribution in [0.5, 0.6) is 5.75 Å². The number of nitrogens with zero attached hydrogens (tertiary/aromatic N) is 1. The van der Waals surface area contributed by atoms with Crippen LogP contribution in [-0.2, 0) is 16.1 Å². The monoisotopic (exact) mass is 296 g/mol. The summed E-state index contributed by atoms with van der Waals surface area (Å²) in [5, 5.41) is 14.1. The summed E-state index contributed by atoms with van der Waals surface area (Å²) in [4.78, 5) is 10.4. The van der Waals surface area contributed by atoms with Gasteiger partial charge in [0.05, 0.1) is 37.5 Å². The average molecular weight is 296 g/mol. The summed E-state index contributed by atoms with van der Waals surface area (Å²) in [6.45, 7) is 4.27. The molecule has 1 N–H and O–H groups in total. The van der Waals surface area contributed by atoms with E-state index in [0.717, 1.165) is 13.1 Å². The summed E-state index contributed by atoms with van der Waals surface area (Å²) >= 11 is 0. The molecule has 1 aromatic carbocycles. The first-order valence-corrected chi connectivity index (χ1v) is 6.85. The van der Waals surface area contributed by atoms with Gasteiger partial charge in [0.25, 0.3) is 5.69 Å². The number of rotatable bonds is 6. The van der Waals surface area contributed by atoms with Crippen LogP contribution in [0.15, 0.2) is 18.2 Å². The minimum Gasteiger partial charge on any atom is -0.496 e. The second kappa shape index (κ2) is 7.35. The fourth-order valence-corrected chi connectivity index (χ4v) is 2.26. The highest BCUT2D eigenvalue weighted by Gasteiger charge is 2.19. The van der Waals surface area contributed by atoms with Crippen molar-refractivity contribution in [2.45, 2.75) is 25.7 Å². The van der Waals surface area contributed by atoms with Crippen LogP contribution in [0.3, 0.4) is 0 Å². The molecule has 0 aromatic heterocycles. The summed E-state index contributed by atoms with van der Waals surface area (Å²) in [6, 6.07) is 4.47.